The molecule has 0 amide bonds. The fraction of sp³-hybridized carbons (Fsp3) is 0. The lowest BCUT2D eigenvalue weighted by atomic mass is 9.92. The monoisotopic (exact) mass is 928 g/mol. The van der Waals surface area contributed by atoms with Crippen molar-refractivity contribution in [1.29, 1.82) is 0 Å². The van der Waals surface area contributed by atoms with E-state index in [0.29, 0.717) is 10.0 Å². The molecule has 0 saturated heterocycles. The van der Waals surface area contributed by atoms with E-state index < -0.39 is 0 Å². The second-order valence-electron chi connectivity index (χ2n) is 18.7. The Bertz CT molecular complexity index is 4310. The number of benzene rings is 15. The number of hydrogen-bond donors (Lipinski definition) is 0. The van der Waals surface area contributed by atoms with Gasteiger partial charge < -0.3 is 9.80 Å². The van der Waals surface area contributed by atoms with Gasteiger partial charge in [0.05, 0.1) is 44.2 Å². The van der Waals surface area contributed by atoms with Crippen LogP contribution in [0.15, 0.2) is 231 Å². The molecule has 326 valence electrons. The molecule has 0 heterocycles. The van der Waals surface area contributed by atoms with Gasteiger partial charge in [0, 0.05) is 21.5 Å². The van der Waals surface area contributed by atoms with Crippen LogP contribution in [0, 0.1) is 0 Å². The van der Waals surface area contributed by atoms with Crippen LogP contribution >= 0.6 is 23.2 Å². The topological polar surface area (TPSA) is 6.48 Å². The molecule has 0 fully saturated rings. The average molecular weight is 930 g/mol. The van der Waals surface area contributed by atoms with E-state index in [4.69, 9.17) is 23.2 Å². The van der Waals surface area contributed by atoms with Gasteiger partial charge in [-0.2, -0.15) is 0 Å². The lowest BCUT2D eigenvalue weighted by Crippen LogP contribution is -2.12. The van der Waals surface area contributed by atoms with Gasteiger partial charge in [0.1, 0.15) is 0 Å². The molecule has 70 heavy (non-hydrogen) atoms. The van der Waals surface area contributed by atoms with Crippen LogP contribution in [0.4, 0.5) is 34.1 Å². The highest BCUT2D eigenvalue weighted by Gasteiger charge is 2.25. The van der Waals surface area contributed by atoms with Gasteiger partial charge in [-0.3, -0.25) is 0 Å². The Morgan fingerprint density at radius 1 is 0.200 bits per heavy atom. The number of rotatable bonds is 6. The summed E-state index contributed by atoms with van der Waals surface area (Å²) in [4.78, 5) is 4.74. The molecule has 0 aliphatic rings. The second kappa shape index (κ2) is 15.0. The maximum Gasteiger partial charge on any atom is 0.0654 e. The minimum absolute atomic E-state index is 0.643. The van der Waals surface area contributed by atoms with Crippen molar-refractivity contribution in [2.75, 3.05) is 9.80 Å². The van der Waals surface area contributed by atoms with Crippen LogP contribution in [0.25, 0.3) is 108 Å². The van der Waals surface area contributed by atoms with Gasteiger partial charge in [0.2, 0.25) is 0 Å². The molecule has 0 aliphatic heterocycles. The average Bonchev–Trinajstić information content (AvgIpc) is 3.41. The predicted octanol–water partition coefficient (Wildman–Crippen LogP) is 20.3. The summed E-state index contributed by atoms with van der Waals surface area (Å²) in [5, 5.41) is 24.9. The van der Waals surface area contributed by atoms with Crippen LogP contribution < -0.4 is 9.80 Å². The molecule has 0 atom stereocenters. The third-order valence-electron chi connectivity index (χ3n) is 15.0. The molecule has 0 saturated carbocycles. The molecule has 0 N–H and O–H groups in total. The Balaban J connectivity index is 0.951. The molecule has 0 unspecified atom stereocenters. The fourth-order valence-corrected chi connectivity index (χ4v) is 12.3. The molecule has 15 aromatic rings. The van der Waals surface area contributed by atoms with E-state index in [0.717, 1.165) is 77.2 Å². The van der Waals surface area contributed by atoms with Gasteiger partial charge in [0.15, 0.2) is 0 Å². The highest BCUT2D eigenvalue weighted by Crippen LogP contribution is 2.51. The highest BCUT2D eigenvalue weighted by molar-refractivity contribution is 6.38. The van der Waals surface area contributed by atoms with Gasteiger partial charge in [-0.05, 0) is 135 Å². The first-order chi connectivity index (χ1) is 34.5. The van der Waals surface area contributed by atoms with Crippen molar-refractivity contribution in [2.24, 2.45) is 0 Å². The van der Waals surface area contributed by atoms with E-state index >= 15 is 0 Å². The summed E-state index contributed by atoms with van der Waals surface area (Å²) in [5.41, 5.74) is 6.05. The number of fused-ring (bicyclic) bond motifs is 5. The summed E-state index contributed by atoms with van der Waals surface area (Å²) in [6.07, 6.45) is 0. The molecule has 15 rings (SSSR count). The molecular formula is C66H38Cl2N2. The summed E-state index contributed by atoms with van der Waals surface area (Å²) in [6, 6.07) is 83.8. The Labute approximate surface area is 413 Å². The zero-order valence-corrected chi connectivity index (χ0v) is 39.1. The van der Waals surface area contributed by atoms with Gasteiger partial charge in [-0.25, -0.2) is 0 Å². The molecule has 0 radical (unpaired) electrons. The van der Waals surface area contributed by atoms with Crippen molar-refractivity contribution >= 4 is 165 Å². The SMILES string of the molecule is Clc1cc2c(ccc3cc(N(c4cccc5ccccc45)c4ccc5ccc6cccc7ccc4c5c67)c(Cl)cc32)cc1N(c1cccc2ccccc12)c1ccc2ccc3cccc4ccc1c2c34. The minimum atomic E-state index is 0.643. The maximum absolute atomic E-state index is 7.73. The quantitative estimate of drug-likeness (QED) is 0.153. The van der Waals surface area contributed by atoms with Crippen molar-refractivity contribution in [2.45, 2.75) is 0 Å². The van der Waals surface area contributed by atoms with Crippen molar-refractivity contribution in [1.82, 2.24) is 0 Å². The maximum atomic E-state index is 7.73. The lowest BCUT2D eigenvalue weighted by molar-refractivity contribution is 1.32. The van der Waals surface area contributed by atoms with Crippen molar-refractivity contribution in [3.05, 3.63) is 241 Å². The molecule has 15 aromatic carbocycles. The van der Waals surface area contributed by atoms with Crippen LogP contribution in [0.5, 0.6) is 0 Å². The lowest BCUT2D eigenvalue weighted by Gasteiger charge is -2.30. The van der Waals surface area contributed by atoms with Gasteiger partial charge in [-0.15, -0.1) is 0 Å². The third-order valence-corrected chi connectivity index (χ3v) is 15.6. The summed E-state index contributed by atoms with van der Waals surface area (Å²) in [7, 11) is 0. The molecule has 0 aliphatic carbocycles. The van der Waals surface area contributed by atoms with Gasteiger partial charge in [-0.1, -0.05) is 205 Å². The zero-order valence-electron chi connectivity index (χ0n) is 37.6. The summed E-state index contributed by atoms with van der Waals surface area (Å²) < 4.78 is 0. The van der Waals surface area contributed by atoms with Gasteiger partial charge >= 0.3 is 0 Å². The number of hydrogen-bond acceptors (Lipinski definition) is 2. The molecule has 0 spiro atoms. The largest absolute Gasteiger partial charge is 0.308 e. The second-order valence-corrected chi connectivity index (χ2v) is 19.5. The molecule has 4 heteroatoms. The summed E-state index contributed by atoms with van der Waals surface area (Å²) in [6.45, 7) is 0. The number of nitrogens with zero attached hydrogens (tertiary/aromatic N) is 2. The van der Waals surface area contributed by atoms with Crippen LogP contribution in [0.1, 0.15) is 0 Å². The van der Waals surface area contributed by atoms with E-state index in [1.165, 1.54) is 64.6 Å². The number of halogens is 2. The van der Waals surface area contributed by atoms with Crippen LogP contribution in [0.2, 0.25) is 10.0 Å². The van der Waals surface area contributed by atoms with E-state index in [-0.39, 0.29) is 0 Å². The van der Waals surface area contributed by atoms with Crippen molar-refractivity contribution in [3.8, 4) is 0 Å². The normalized spacial score (nSPS) is 12.1. The van der Waals surface area contributed by atoms with E-state index in [1.54, 1.807) is 0 Å². The van der Waals surface area contributed by atoms with Crippen LogP contribution in [-0.2, 0) is 0 Å². The Hall–Kier alpha value is -8.40. The zero-order chi connectivity index (χ0) is 46.2. The molecule has 0 bridgehead atoms. The highest BCUT2D eigenvalue weighted by atomic mass is 35.5. The first-order valence-electron chi connectivity index (χ1n) is 23.8. The smallest absolute Gasteiger partial charge is 0.0654 e. The van der Waals surface area contributed by atoms with Crippen LogP contribution in [0.3, 0.4) is 0 Å². The number of anilines is 6. The van der Waals surface area contributed by atoms with E-state index in [1.807, 2.05) is 0 Å². The third kappa shape index (κ3) is 5.75. The molecule has 2 nitrogen and oxygen atoms in total. The fourth-order valence-electron chi connectivity index (χ4n) is 11.8. The first-order valence-corrected chi connectivity index (χ1v) is 24.5. The van der Waals surface area contributed by atoms with Crippen molar-refractivity contribution in [3.63, 3.8) is 0 Å². The minimum Gasteiger partial charge on any atom is -0.308 e. The Kier molecular flexibility index (Phi) is 8.51. The van der Waals surface area contributed by atoms with E-state index in [9.17, 15) is 0 Å². The predicted molar refractivity (Wildman–Crippen MR) is 303 cm³/mol. The summed E-state index contributed by atoms with van der Waals surface area (Å²) >= 11 is 15.5. The Morgan fingerprint density at radius 2 is 0.514 bits per heavy atom. The first kappa shape index (κ1) is 39.6. The van der Waals surface area contributed by atoms with Crippen LogP contribution in [-0.4, -0.2) is 0 Å². The van der Waals surface area contributed by atoms with Crippen molar-refractivity contribution < 1.29 is 0 Å². The standard InChI is InChI=1S/C66H38Cl2N2/c67-55-37-53-47(35-61(55)69(57-19-7-11-39-9-1-3-17-49(39)57)59-33-29-45-23-21-41-13-5-15-43-27-31-51(59)65(45)63(41)43)25-26-48-36-62(56(68)38-54(48)53)70(58-20-8-12-40-10-2-4-18-50(40)58)60-34-30-46-24-22-42-14-6-16-44-28-32-52(60)66(46)64(42)44/h1-38H. The van der Waals surface area contributed by atoms with E-state index in [2.05, 4.69) is 240 Å². The molecular weight excluding hydrogens is 892 g/mol. The van der Waals surface area contributed by atoms with Gasteiger partial charge in [0.25, 0.3) is 0 Å². The summed E-state index contributed by atoms with van der Waals surface area (Å²) in [5.74, 6) is 0. The molecule has 0 aromatic heterocycles. The Morgan fingerprint density at radius 3 is 0.957 bits per heavy atom.